The topological polar surface area (TPSA) is 15.3 Å². The van der Waals surface area contributed by atoms with E-state index in [4.69, 9.17) is 0 Å². The zero-order valence-electron chi connectivity index (χ0n) is 11.9. The number of hydrogen-bond donors (Lipinski definition) is 1. The van der Waals surface area contributed by atoms with Gasteiger partial charge in [0.1, 0.15) is 0 Å². The van der Waals surface area contributed by atoms with E-state index < -0.39 is 0 Å². The monoisotopic (exact) mass is 234 g/mol. The molecule has 0 radical (unpaired) electrons. The lowest BCUT2D eigenvalue weighted by molar-refractivity contribution is 0.308. The first-order chi connectivity index (χ1) is 8.02. The number of para-hydroxylation sites is 1. The van der Waals surface area contributed by atoms with Crippen molar-refractivity contribution < 1.29 is 0 Å². The van der Waals surface area contributed by atoms with Crippen LogP contribution < -0.4 is 10.2 Å². The van der Waals surface area contributed by atoms with Gasteiger partial charge in [0.05, 0.1) is 0 Å². The summed E-state index contributed by atoms with van der Waals surface area (Å²) in [7, 11) is 4.22. The molecule has 0 fully saturated rings. The summed E-state index contributed by atoms with van der Waals surface area (Å²) in [5.74, 6) is 0. The molecule has 2 nitrogen and oxygen atoms in total. The molecule has 0 saturated heterocycles. The number of nitrogens with zero attached hydrogens (tertiary/aromatic N) is 1. The summed E-state index contributed by atoms with van der Waals surface area (Å²) < 4.78 is 0. The highest BCUT2D eigenvalue weighted by molar-refractivity contribution is 5.52. The van der Waals surface area contributed by atoms with Gasteiger partial charge in [-0.1, -0.05) is 32.0 Å². The molecule has 96 valence electrons. The third-order valence-electron chi connectivity index (χ3n) is 3.60. The molecule has 17 heavy (non-hydrogen) atoms. The fraction of sp³-hybridized carbons (Fsp3) is 0.600. The maximum atomic E-state index is 3.30. The molecule has 1 atom stereocenters. The van der Waals surface area contributed by atoms with Crippen molar-refractivity contribution in [1.82, 2.24) is 5.32 Å². The lowest BCUT2D eigenvalue weighted by Crippen LogP contribution is -2.40. The van der Waals surface area contributed by atoms with Crippen LogP contribution in [0.15, 0.2) is 24.3 Å². The second-order valence-corrected chi connectivity index (χ2v) is 5.34. The number of aryl methyl sites for hydroxylation is 1. The SMILES string of the molecule is CCC(C)(CNC)CN(C)c1ccccc1C. The van der Waals surface area contributed by atoms with E-state index in [2.05, 4.69) is 62.3 Å². The van der Waals surface area contributed by atoms with Crippen molar-refractivity contribution in [2.75, 3.05) is 32.1 Å². The van der Waals surface area contributed by atoms with Crippen LogP contribution in [0.3, 0.4) is 0 Å². The van der Waals surface area contributed by atoms with Gasteiger partial charge in [-0.15, -0.1) is 0 Å². The van der Waals surface area contributed by atoms with Crippen LogP contribution in [0, 0.1) is 12.3 Å². The highest BCUT2D eigenvalue weighted by Crippen LogP contribution is 2.25. The minimum atomic E-state index is 0.325. The Balaban J connectivity index is 2.77. The first-order valence-corrected chi connectivity index (χ1v) is 6.44. The fourth-order valence-electron chi connectivity index (χ4n) is 2.37. The number of anilines is 1. The molecular weight excluding hydrogens is 208 g/mol. The van der Waals surface area contributed by atoms with Crippen LogP contribution in [0.5, 0.6) is 0 Å². The van der Waals surface area contributed by atoms with Crippen molar-refractivity contribution in [2.45, 2.75) is 27.2 Å². The molecule has 1 unspecified atom stereocenters. The molecule has 0 spiro atoms. The van der Waals surface area contributed by atoms with Crippen LogP contribution in [0.2, 0.25) is 0 Å². The van der Waals surface area contributed by atoms with E-state index >= 15 is 0 Å². The van der Waals surface area contributed by atoms with Gasteiger partial charge in [0.2, 0.25) is 0 Å². The van der Waals surface area contributed by atoms with E-state index in [9.17, 15) is 0 Å². The van der Waals surface area contributed by atoms with Gasteiger partial charge in [0.15, 0.2) is 0 Å². The van der Waals surface area contributed by atoms with E-state index in [1.165, 1.54) is 17.7 Å². The molecule has 1 rings (SSSR count). The third-order valence-corrected chi connectivity index (χ3v) is 3.60. The molecule has 0 amide bonds. The van der Waals surface area contributed by atoms with E-state index in [0.29, 0.717) is 5.41 Å². The molecule has 0 heterocycles. The van der Waals surface area contributed by atoms with Gasteiger partial charge in [-0.25, -0.2) is 0 Å². The van der Waals surface area contributed by atoms with Gasteiger partial charge in [0, 0.05) is 25.8 Å². The van der Waals surface area contributed by atoms with Gasteiger partial charge in [-0.05, 0) is 37.4 Å². The number of hydrogen-bond acceptors (Lipinski definition) is 2. The summed E-state index contributed by atoms with van der Waals surface area (Å²) in [6.45, 7) is 8.92. The van der Waals surface area contributed by atoms with E-state index in [1.807, 2.05) is 7.05 Å². The van der Waals surface area contributed by atoms with Crippen molar-refractivity contribution in [3.05, 3.63) is 29.8 Å². The third kappa shape index (κ3) is 3.74. The van der Waals surface area contributed by atoms with Crippen LogP contribution >= 0.6 is 0 Å². The zero-order valence-corrected chi connectivity index (χ0v) is 11.9. The Hall–Kier alpha value is -1.02. The lowest BCUT2D eigenvalue weighted by atomic mass is 9.86. The highest BCUT2D eigenvalue weighted by atomic mass is 15.1. The highest BCUT2D eigenvalue weighted by Gasteiger charge is 2.23. The van der Waals surface area contributed by atoms with Crippen molar-refractivity contribution in [3.8, 4) is 0 Å². The minimum Gasteiger partial charge on any atom is -0.374 e. The standard InChI is InChI=1S/C15H26N2/c1-6-15(3,11-16-4)12-17(5)14-10-8-7-9-13(14)2/h7-10,16H,6,11-12H2,1-5H3. The molecule has 0 saturated carbocycles. The fourth-order valence-corrected chi connectivity index (χ4v) is 2.37. The molecule has 1 N–H and O–H groups in total. The second-order valence-electron chi connectivity index (χ2n) is 5.34. The summed E-state index contributed by atoms with van der Waals surface area (Å²) in [5, 5.41) is 3.30. The van der Waals surface area contributed by atoms with Gasteiger partial charge < -0.3 is 10.2 Å². The molecule has 0 aliphatic carbocycles. The summed E-state index contributed by atoms with van der Waals surface area (Å²) in [6, 6.07) is 8.58. The van der Waals surface area contributed by atoms with Gasteiger partial charge in [-0.2, -0.15) is 0 Å². The molecule has 1 aromatic carbocycles. The maximum Gasteiger partial charge on any atom is 0.0393 e. The van der Waals surface area contributed by atoms with Crippen molar-refractivity contribution in [1.29, 1.82) is 0 Å². The average Bonchev–Trinajstić information content (AvgIpc) is 2.29. The molecule has 1 aromatic rings. The molecule has 0 bridgehead atoms. The van der Waals surface area contributed by atoms with E-state index in [1.54, 1.807) is 0 Å². The van der Waals surface area contributed by atoms with Gasteiger partial charge >= 0.3 is 0 Å². The summed E-state index contributed by atoms with van der Waals surface area (Å²) in [6.07, 6.45) is 1.18. The Labute approximate surface area is 106 Å². The maximum absolute atomic E-state index is 3.30. The molecular formula is C15H26N2. The van der Waals surface area contributed by atoms with E-state index in [0.717, 1.165) is 13.1 Å². The zero-order chi connectivity index (χ0) is 12.9. The minimum absolute atomic E-state index is 0.325. The summed E-state index contributed by atoms with van der Waals surface area (Å²) in [4.78, 5) is 2.37. The number of rotatable bonds is 6. The predicted molar refractivity (Wildman–Crippen MR) is 76.8 cm³/mol. The molecule has 0 aromatic heterocycles. The average molecular weight is 234 g/mol. The molecule has 0 aliphatic rings. The van der Waals surface area contributed by atoms with Crippen molar-refractivity contribution in [2.24, 2.45) is 5.41 Å². The van der Waals surface area contributed by atoms with Crippen LogP contribution in [-0.4, -0.2) is 27.2 Å². The smallest absolute Gasteiger partial charge is 0.0393 e. The predicted octanol–water partition coefficient (Wildman–Crippen LogP) is 3.07. The lowest BCUT2D eigenvalue weighted by Gasteiger charge is -2.34. The molecule has 2 heteroatoms. The van der Waals surface area contributed by atoms with Gasteiger partial charge in [0.25, 0.3) is 0 Å². The van der Waals surface area contributed by atoms with Crippen LogP contribution in [0.1, 0.15) is 25.8 Å². The normalized spacial score (nSPS) is 14.4. The van der Waals surface area contributed by atoms with E-state index in [-0.39, 0.29) is 0 Å². The van der Waals surface area contributed by atoms with Crippen LogP contribution in [0.25, 0.3) is 0 Å². The van der Waals surface area contributed by atoms with Crippen LogP contribution in [0.4, 0.5) is 5.69 Å². The van der Waals surface area contributed by atoms with Crippen molar-refractivity contribution >= 4 is 5.69 Å². The van der Waals surface area contributed by atoms with Gasteiger partial charge in [-0.3, -0.25) is 0 Å². The quantitative estimate of drug-likeness (QED) is 0.814. The first-order valence-electron chi connectivity index (χ1n) is 6.44. The Morgan fingerprint density at radius 1 is 1.29 bits per heavy atom. The Morgan fingerprint density at radius 2 is 1.94 bits per heavy atom. The number of benzene rings is 1. The van der Waals surface area contributed by atoms with Crippen LogP contribution in [-0.2, 0) is 0 Å². The number of nitrogens with one attached hydrogen (secondary N) is 1. The Morgan fingerprint density at radius 3 is 2.47 bits per heavy atom. The Bertz CT molecular complexity index is 349. The largest absolute Gasteiger partial charge is 0.374 e. The summed E-state index contributed by atoms with van der Waals surface area (Å²) >= 11 is 0. The Kier molecular flexibility index (Phi) is 5.01. The van der Waals surface area contributed by atoms with Crippen molar-refractivity contribution in [3.63, 3.8) is 0 Å². The molecule has 0 aliphatic heterocycles. The second kappa shape index (κ2) is 6.06. The summed E-state index contributed by atoms with van der Waals surface area (Å²) in [5.41, 5.74) is 3.01. The first kappa shape index (κ1) is 14.0.